The number of nitrogens with zero attached hydrogens (tertiary/aromatic N) is 2. The summed E-state index contributed by atoms with van der Waals surface area (Å²) in [7, 11) is 0. The summed E-state index contributed by atoms with van der Waals surface area (Å²) in [5.74, 6) is 0.245. The van der Waals surface area contributed by atoms with Gasteiger partial charge in [-0.05, 0) is 23.8 Å². The second-order valence-corrected chi connectivity index (χ2v) is 7.02. The van der Waals surface area contributed by atoms with Gasteiger partial charge in [-0.25, -0.2) is 4.98 Å². The van der Waals surface area contributed by atoms with Gasteiger partial charge < -0.3 is 5.32 Å². The number of anilines is 2. The normalized spacial score (nSPS) is 11.1. The van der Waals surface area contributed by atoms with Crippen LogP contribution in [0.2, 0.25) is 5.02 Å². The number of carbonyl (C=O) groups is 1. The molecule has 2 heterocycles. The van der Waals surface area contributed by atoms with E-state index in [9.17, 15) is 4.79 Å². The SMILES string of the molecule is CC(C)C(=O)Cc1cnc2nc(Nc3ccccc3Cl)sc2c1. The van der Waals surface area contributed by atoms with Crippen LogP contribution in [0.25, 0.3) is 10.3 Å². The lowest BCUT2D eigenvalue weighted by molar-refractivity contribution is -0.121. The van der Waals surface area contributed by atoms with Crippen molar-refractivity contribution in [2.45, 2.75) is 20.3 Å². The van der Waals surface area contributed by atoms with Crippen LogP contribution in [0.1, 0.15) is 19.4 Å². The van der Waals surface area contributed by atoms with Gasteiger partial charge in [-0.15, -0.1) is 0 Å². The van der Waals surface area contributed by atoms with E-state index in [1.165, 1.54) is 11.3 Å². The van der Waals surface area contributed by atoms with Crippen molar-refractivity contribution >= 4 is 49.9 Å². The molecule has 0 fully saturated rings. The van der Waals surface area contributed by atoms with E-state index < -0.39 is 0 Å². The maximum absolute atomic E-state index is 11.9. The first-order chi connectivity index (χ1) is 11.0. The third-order valence-corrected chi connectivity index (χ3v) is 4.68. The molecule has 0 aliphatic heterocycles. The third kappa shape index (κ3) is 3.68. The number of halogens is 1. The van der Waals surface area contributed by atoms with Gasteiger partial charge in [0.2, 0.25) is 0 Å². The van der Waals surface area contributed by atoms with E-state index in [1.807, 2.05) is 44.2 Å². The van der Waals surface area contributed by atoms with Gasteiger partial charge in [0.1, 0.15) is 5.78 Å². The summed E-state index contributed by atoms with van der Waals surface area (Å²) in [6.07, 6.45) is 2.13. The highest BCUT2D eigenvalue weighted by Gasteiger charge is 2.11. The van der Waals surface area contributed by atoms with Crippen LogP contribution in [0.3, 0.4) is 0 Å². The number of carbonyl (C=O) groups excluding carboxylic acids is 1. The molecular weight excluding hydrogens is 330 g/mol. The molecule has 0 saturated heterocycles. The summed E-state index contributed by atoms with van der Waals surface area (Å²) >= 11 is 7.64. The highest BCUT2D eigenvalue weighted by Crippen LogP contribution is 2.30. The molecule has 3 aromatic rings. The fraction of sp³-hybridized carbons (Fsp3) is 0.235. The second-order valence-electron chi connectivity index (χ2n) is 5.59. The number of ketones is 1. The van der Waals surface area contributed by atoms with Crippen molar-refractivity contribution in [2.75, 3.05) is 5.32 Å². The molecule has 23 heavy (non-hydrogen) atoms. The number of para-hydroxylation sites is 1. The summed E-state index contributed by atoms with van der Waals surface area (Å²) in [5.41, 5.74) is 2.40. The van der Waals surface area contributed by atoms with Crippen molar-refractivity contribution < 1.29 is 4.79 Å². The van der Waals surface area contributed by atoms with Gasteiger partial charge in [-0.1, -0.05) is 48.9 Å². The highest BCUT2D eigenvalue weighted by molar-refractivity contribution is 7.22. The van der Waals surface area contributed by atoms with Crippen molar-refractivity contribution in [3.63, 3.8) is 0 Å². The number of thiazole rings is 1. The Labute approximate surface area is 143 Å². The first-order valence-electron chi connectivity index (χ1n) is 7.32. The topological polar surface area (TPSA) is 54.9 Å². The predicted molar refractivity (Wildman–Crippen MR) is 95.7 cm³/mol. The minimum absolute atomic E-state index is 0.0320. The molecule has 1 aromatic carbocycles. The molecule has 4 nitrogen and oxygen atoms in total. The quantitative estimate of drug-likeness (QED) is 0.717. The lowest BCUT2D eigenvalue weighted by Crippen LogP contribution is -2.10. The maximum atomic E-state index is 11.9. The molecule has 1 N–H and O–H groups in total. The Bertz CT molecular complexity index is 860. The van der Waals surface area contributed by atoms with Crippen LogP contribution in [0, 0.1) is 5.92 Å². The summed E-state index contributed by atoms with van der Waals surface area (Å²) in [5, 5.41) is 4.58. The zero-order valence-electron chi connectivity index (χ0n) is 12.8. The predicted octanol–water partition coefficient (Wildman–Crippen LogP) is 4.86. The molecule has 118 valence electrons. The minimum atomic E-state index is 0.0320. The molecule has 0 atom stereocenters. The summed E-state index contributed by atoms with van der Waals surface area (Å²) in [6.45, 7) is 3.82. The average Bonchev–Trinajstić information content (AvgIpc) is 2.91. The average molecular weight is 346 g/mol. The smallest absolute Gasteiger partial charge is 0.189 e. The van der Waals surface area contributed by atoms with Gasteiger partial charge in [-0.2, -0.15) is 4.98 Å². The van der Waals surface area contributed by atoms with E-state index in [-0.39, 0.29) is 11.7 Å². The van der Waals surface area contributed by atoms with Crippen molar-refractivity contribution in [1.29, 1.82) is 0 Å². The van der Waals surface area contributed by atoms with E-state index in [0.717, 1.165) is 21.1 Å². The van der Waals surface area contributed by atoms with E-state index in [2.05, 4.69) is 15.3 Å². The van der Waals surface area contributed by atoms with E-state index >= 15 is 0 Å². The van der Waals surface area contributed by atoms with Crippen molar-refractivity contribution in [3.8, 4) is 0 Å². The molecule has 0 bridgehead atoms. The monoisotopic (exact) mass is 345 g/mol. The number of hydrogen-bond acceptors (Lipinski definition) is 5. The summed E-state index contributed by atoms with van der Waals surface area (Å²) < 4.78 is 0.952. The molecule has 0 unspecified atom stereocenters. The number of benzene rings is 1. The number of nitrogens with one attached hydrogen (secondary N) is 1. The molecule has 0 aliphatic carbocycles. The van der Waals surface area contributed by atoms with Gasteiger partial charge in [-0.3, -0.25) is 4.79 Å². The molecule has 0 aliphatic rings. The molecule has 3 rings (SSSR count). The van der Waals surface area contributed by atoms with Crippen molar-refractivity contribution in [2.24, 2.45) is 5.92 Å². The standard InChI is InChI=1S/C17H16ClN3OS/c1-10(2)14(22)7-11-8-15-16(19-9-11)21-17(23-15)20-13-6-4-3-5-12(13)18/h3-6,8-10H,7H2,1-2H3,(H,19,20,21). The number of pyridine rings is 1. The lowest BCUT2D eigenvalue weighted by atomic mass is 10.0. The molecule has 2 aromatic heterocycles. The van der Waals surface area contributed by atoms with Crippen molar-refractivity contribution in [3.05, 3.63) is 47.1 Å². The van der Waals surface area contributed by atoms with Gasteiger partial charge in [0.15, 0.2) is 10.8 Å². The molecule has 0 radical (unpaired) electrons. The maximum Gasteiger partial charge on any atom is 0.189 e. The van der Waals surface area contributed by atoms with E-state index in [0.29, 0.717) is 17.1 Å². The number of hydrogen-bond donors (Lipinski definition) is 1. The summed E-state index contributed by atoms with van der Waals surface area (Å²) in [6, 6.07) is 9.50. The van der Waals surface area contributed by atoms with Crippen LogP contribution in [0.5, 0.6) is 0 Å². The minimum Gasteiger partial charge on any atom is -0.330 e. The Balaban J connectivity index is 1.85. The zero-order chi connectivity index (χ0) is 16.4. The highest BCUT2D eigenvalue weighted by atomic mass is 35.5. The zero-order valence-corrected chi connectivity index (χ0v) is 14.4. The van der Waals surface area contributed by atoms with Gasteiger partial charge in [0, 0.05) is 18.5 Å². The van der Waals surface area contributed by atoms with E-state index in [4.69, 9.17) is 11.6 Å². The van der Waals surface area contributed by atoms with Crippen LogP contribution < -0.4 is 5.32 Å². The Morgan fingerprint density at radius 3 is 2.87 bits per heavy atom. The lowest BCUT2D eigenvalue weighted by Gasteiger charge is -2.03. The number of rotatable bonds is 5. The van der Waals surface area contributed by atoms with Gasteiger partial charge in [0.25, 0.3) is 0 Å². The van der Waals surface area contributed by atoms with Gasteiger partial charge >= 0.3 is 0 Å². The molecule has 6 heteroatoms. The van der Waals surface area contributed by atoms with Crippen molar-refractivity contribution in [1.82, 2.24) is 9.97 Å². The first kappa shape index (κ1) is 15.9. The Kier molecular flexibility index (Phi) is 4.59. The fourth-order valence-electron chi connectivity index (χ4n) is 2.09. The second kappa shape index (κ2) is 6.64. The molecule has 0 amide bonds. The van der Waals surface area contributed by atoms with Gasteiger partial charge in [0.05, 0.1) is 15.4 Å². The van der Waals surface area contributed by atoms with Crippen LogP contribution in [-0.4, -0.2) is 15.8 Å². The Morgan fingerprint density at radius 2 is 2.13 bits per heavy atom. The largest absolute Gasteiger partial charge is 0.330 e. The number of aromatic nitrogens is 2. The Morgan fingerprint density at radius 1 is 1.35 bits per heavy atom. The Hall–Kier alpha value is -1.98. The molecule has 0 saturated carbocycles. The first-order valence-corrected chi connectivity index (χ1v) is 8.52. The van der Waals surface area contributed by atoms with E-state index in [1.54, 1.807) is 6.20 Å². The number of fused-ring (bicyclic) bond motifs is 1. The summed E-state index contributed by atoms with van der Waals surface area (Å²) in [4.78, 5) is 20.7. The molecular formula is C17H16ClN3OS. The third-order valence-electron chi connectivity index (χ3n) is 3.44. The van der Waals surface area contributed by atoms with Crippen LogP contribution in [0.4, 0.5) is 10.8 Å². The molecule has 0 spiro atoms. The fourth-order valence-corrected chi connectivity index (χ4v) is 3.18. The number of Topliss-reactive ketones (excluding diaryl/α,β-unsaturated/α-hetero) is 1. The van der Waals surface area contributed by atoms with Crippen LogP contribution in [0.15, 0.2) is 36.5 Å². The van der Waals surface area contributed by atoms with Crippen LogP contribution >= 0.6 is 22.9 Å². The van der Waals surface area contributed by atoms with Crippen LogP contribution in [-0.2, 0) is 11.2 Å².